The molecule has 1 aliphatic heterocycles. The summed E-state index contributed by atoms with van der Waals surface area (Å²) < 4.78 is 0. The number of fused-ring (bicyclic) bond motifs is 1. The van der Waals surface area contributed by atoms with Crippen LogP contribution < -0.4 is 4.90 Å². The SMILES string of the molecule is O=C(C1CCc2n[nH]nc2C1)N1CCN(c2cccc(Cl)c2)CC1. The van der Waals surface area contributed by atoms with Crippen LogP contribution in [0.1, 0.15) is 17.8 Å². The lowest BCUT2D eigenvalue weighted by atomic mass is 9.88. The van der Waals surface area contributed by atoms with Crippen LogP contribution in [0.3, 0.4) is 0 Å². The van der Waals surface area contributed by atoms with Gasteiger partial charge in [-0.05, 0) is 31.0 Å². The minimum atomic E-state index is 0.0420. The molecule has 0 radical (unpaired) electrons. The number of benzene rings is 1. The fraction of sp³-hybridized carbons (Fsp3) is 0.471. The fourth-order valence-corrected chi connectivity index (χ4v) is 3.80. The number of nitrogens with zero attached hydrogens (tertiary/aromatic N) is 4. The van der Waals surface area contributed by atoms with E-state index in [0.29, 0.717) is 6.42 Å². The van der Waals surface area contributed by atoms with Gasteiger partial charge in [-0.1, -0.05) is 17.7 Å². The second-order valence-electron chi connectivity index (χ2n) is 6.45. The lowest BCUT2D eigenvalue weighted by molar-refractivity contribution is -0.136. The Hall–Kier alpha value is -2.08. The average Bonchev–Trinajstić information content (AvgIpc) is 3.09. The third-order valence-electron chi connectivity index (χ3n) is 4.99. The first-order valence-corrected chi connectivity index (χ1v) is 8.76. The van der Waals surface area contributed by atoms with Crippen molar-refractivity contribution in [1.82, 2.24) is 20.3 Å². The number of H-pyrrole nitrogens is 1. The van der Waals surface area contributed by atoms with Crippen LogP contribution in [-0.4, -0.2) is 52.4 Å². The molecule has 1 aliphatic carbocycles. The topological polar surface area (TPSA) is 65.1 Å². The molecule has 1 fully saturated rings. The quantitative estimate of drug-likeness (QED) is 0.903. The molecule has 126 valence electrons. The van der Waals surface area contributed by atoms with Gasteiger partial charge < -0.3 is 9.80 Å². The molecular formula is C17H20ClN5O. The van der Waals surface area contributed by atoms with Gasteiger partial charge in [-0.3, -0.25) is 4.79 Å². The molecule has 1 N–H and O–H groups in total. The van der Waals surface area contributed by atoms with Crippen molar-refractivity contribution in [2.45, 2.75) is 19.3 Å². The van der Waals surface area contributed by atoms with Crippen LogP contribution >= 0.6 is 11.6 Å². The van der Waals surface area contributed by atoms with Gasteiger partial charge in [0.25, 0.3) is 0 Å². The smallest absolute Gasteiger partial charge is 0.226 e. The van der Waals surface area contributed by atoms with Crippen molar-refractivity contribution in [1.29, 1.82) is 0 Å². The van der Waals surface area contributed by atoms with Gasteiger partial charge in [-0.15, -0.1) is 0 Å². The van der Waals surface area contributed by atoms with Crippen LogP contribution in [-0.2, 0) is 17.6 Å². The number of aromatic nitrogens is 3. The number of piperazine rings is 1. The monoisotopic (exact) mass is 345 g/mol. The molecule has 6 nitrogen and oxygen atoms in total. The Morgan fingerprint density at radius 3 is 2.75 bits per heavy atom. The molecule has 0 spiro atoms. The predicted octanol–water partition coefficient (Wildman–Crippen LogP) is 1.91. The Labute approximate surface area is 145 Å². The van der Waals surface area contributed by atoms with E-state index in [4.69, 9.17) is 11.6 Å². The van der Waals surface area contributed by atoms with Gasteiger partial charge in [0.05, 0.1) is 11.4 Å². The van der Waals surface area contributed by atoms with E-state index in [2.05, 4.69) is 26.4 Å². The molecule has 1 unspecified atom stereocenters. The van der Waals surface area contributed by atoms with Crippen molar-refractivity contribution in [2.24, 2.45) is 5.92 Å². The number of carbonyl (C=O) groups is 1. The van der Waals surface area contributed by atoms with Crippen LogP contribution in [0.25, 0.3) is 0 Å². The maximum Gasteiger partial charge on any atom is 0.226 e. The molecule has 1 saturated heterocycles. The van der Waals surface area contributed by atoms with E-state index in [0.717, 1.165) is 61.1 Å². The third-order valence-corrected chi connectivity index (χ3v) is 5.22. The third kappa shape index (κ3) is 2.98. The molecule has 1 aromatic heterocycles. The van der Waals surface area contributed by atoms with E-state index in [-0.39, 0.29) is 11.8 Å². The number of amides is 1. The van der Waals surface area contributed by atoms with E-state index in [1.54, 1.807) is 0 Å². The predicted molar refractivity (Wildman–Crippen MR) is 92.1 cm³/mol. The molecule has 24 heavy (non-hydrogen) atoms. The van der Waals surface area contributed by atoms with Gasteiger partial charge in [0.15, 0.2) is 0 Å². The van der Waals surface area contributed by atoms with Crippen molar-refractivity contribution in [3.05, 3.63) is 40.7 Å². The molecular weight excluding hydrogens is 326 g/mol. The molecule has 0 saturated carbocycles. The molecule has 2 aliphatic rings. The van der Waals surface area contributed by atoms with Crippen LogP contribution in [0.4, 0.5) is 5.69 Å². The molecule has 1 atom stereocenters. The number of rotatable bonds is 2. The number of hydrogen-bond donors (Lipinski definition) is 1. The summed E-state index contributed by atoms with van der Waals surface area (Å²) in [5.74, 6) is 0.301. The lowest BCUT2D eigenvalue weighted by Crippen LogP contribution is -2.51. The van der Waals surface area contributed by atoms with Crippen molar-refractivity contribution < 1.29 is 4.79 Å². The zero-order valence-corrected chi connectivity index (χ0v) is 14.2. The summed E-state index contributed by atoms with van der Waals surface area (Å²) in [5.41, 5.74) is 3.10. The Morgan fingerprint density at radius 1 is 1.17 bits per heavy atom. The highest BCUT2D eigenvalue weighted by molar-refractivity contribution is 6.30. The number of halogens is 1. The Balaban J connectivity index is 1.37. The fourth-order valence-electron chi connectivity index (χ4n) is 3.61. The first kappa shape index (κ1) is 15.4. The van der Waals surface area contributed by atoms with E-state index >= 15 is 0 Å². The first-order chi connectivity index (χ1) is 11.7. The molecule has 2 heterocycles. The van der Waals surface area contributed by atoms with Gasteiger partial charge >= 0.3 is 0 Å². The number of aromatic amines is 1. The summed E-state index contributed by atoms with van der Waals surface area (Å²) in [6.07, 6.45) is 2.41. The van der Waals surface area contributed by atoms with Crippen molar-refractivity contribution in [2.75, 3.05) is 31.1 Å². The van der Waals surface area contributed by atoms with Crippen LogP contribution in [0.15, 0.2) is 24.3 Å². The summed E-state index contributed by atoms with van der Waals surface area (Å²) in [6, 6.07) is 7.89. The summed E-state index contributed by atoms with van der Waals surface area (Å²) in [4.78, 5) is 17.1. The Morgan fingerprint density at radius 2 is 1.96 bits per heavy atom. The second kappa shape index (κ2) is 6.43. The number of carbonyl (C=O) groups excluding carboxylic acids is 1. The maximum absolute atomic E-state index is 12.8. The normalized spacial score (nSPS) is 20.8. The first-order valence-electron chi connectivity index (χ1n) is 8.38. The number of hydrogen-bond acceptors (Lipinski definition) is 4. The average molecular weight is 346 g/mol. The minimum Gasteiger partial charge on any atom is -0.368 e. The van der Waals surface area contributed by atoms with Gasteiger partial charge in [0.2, 0.25) is 5.91 Å². The van der Waals surface area contributed by atoms with Crippen molar-refractivity contribution in [3.63, 3.8) is 0 Å². The molecule has 2 aromatic rings. The van der Waals surface area contributed by atoms with Crippen molar-refractivity contribution in [3.8, 4) is 0 Å². The number of nitrogens with one attached hydrogen (secondary N) is 1. The van der Waals surface area contributed by atoms with E-state index < -0.39 is 0 Å². The summed E-state index contributed by atoms with van der Waals surface area (Å²) in [5, 5.41) is 11.7. The highest BCUT2D eigenvalue weighted by Gasteiger charge is 2.31. The molecule has 0 bridgehead atoms. The standard InChI is InChI=1S/C17H20ClN5O/c18-13-2-1-3-14(11-13)22-6-8-23(9-7-22)17(24)12-4-5-15-16(10-12)20-21-19-15/h1-3,11-12H,4-10H2,(H,19,20,21). The number of aryl methyl sites for hydroxylation is 1. The Kier molecular flexibility index (Phi) is 4.14. The zero-order valence-electron chi connectivity index (χ0n) is 13.4. The van der Waals surface area contributed by atoms with Gasteiger partial charge in [0.1, 0.15) is 0 Å². The highest BCUT2D eigenvalue weighted by atomic mass is 35.5. The lowest BCUT2D eigenvalue weighted by Gasteiger charge is -2.38. The zero-order chi connectivity index (χ0) is 16.5. The minimum absolute atomic E-state index is 0.0420. The number of anilines is 1. The molecule has 7 heteroatoms. The van der Waals surface area contributed by atoms with E-state index in [1.807, 2.05) is 23.1 Å². The second-order valence-corrected chi connectivity index (χ2v) is 6.89. The summed E-state index contributed by atoms with van der Waals surface area (Å²) >= 11 is 6.07. The maximum atomic E-state index is 12.8. The summed E-state index contributed by atoms with van der Waals surface area (Å²) in [6.45, 7) is 3.20. The van der Waals surface area contributed by atoms with E-state index in [1.165, 1.54) is 0 Å². The van der Waals surface area contributed by atoms with Gasteiger partial charge in [-0.25, -0.2) is 0 Å². The van der Waals surface area contributed by atoms with Crippen LogP contribution in [0, 0.1) is 5.92 Å². The summed E-state index contributed by atoms with van der Waals surface area (Å²) in [7, 11) is 0. The Bertz CT molecular complexity index is 738. The molecule has 1 amide bonds. The largest absolute Gasteiger partial charge is 0.368 e. The highest BCUT2D eigenvalue weighted by Crippen LogP contribution is 2.25. The van der Waals surface area contributed by atoms with Gasteiger partial charge in [-0.2, -0.15) is 15.4 Å². The van der Waals surface area contributed by atoms with Crippen LogP contribution in [0.2, 0.25) is 5.02 Å². The van der Waals surface area contributed by atoms with Crippen LogP contribution in [0.5, 0.6) is 0 Å². The molecule has 4 rings (SSSR count). The van der Waals surface area contributed by atoms with Gasteiger partial charge in [0, 0.05) is 49.2 Å². The van der Waals surface area contributed by atoms with E-state index in [9.17, 15) is 4.79 Å². The van der Waals surface area contributed by atoms with Crippen molar-refractivity contribution >= 4 is 23.2 Å². The molecule has 1 aromatic carbocycles.